The van der Waals surface area contributed by atoms with E-state index in [1.54, 1.807) is 35.2 Å². The Bertz CT molecular complexity index is 591. The van der Waals surface area contributed by atoms with Crippen LogP contribution in [0.25, 0.3) is 0 Å². The molecule has 0 radical (unpaired) electrons. The summed E-state index contributed by atoms with van der Waals surface area (Å²) in [5.74, 6) is 1.13. The van der Waals surface area contributed by atoms with E-state index < -0.39 is 12.5 Å². The first-order valence-corrected chi connectivity index (χ1v) is 8.62. The number of carbonyl (C=O) groups excluding carboxylic acids is 1. The summed E-state index contributed by atoms with van der Waals surface area (Å²) < 4.78 is 28.9. The zero-order chi connectivity index (χ0) is 15.8. The van der Waals surface area contributed by atoms with Gasteiger partial charge in [-0.15, -0.1) is 11.3 Å². The van der Waals surface area contributed by atoms with Crippen LogP contribution in [0, 0.1) is 0 Å². The van der Waals surface area contributed by atoms with Crippen molar-refractivity contribution in [1.29, 1.82) is 0 Å². The lowest BCUT2D eigenvalue weighted by molar-refractivity contribution is -0.0501. The molecule has 7 heteroatoms. The third-order valence-corrected chi connectivity index (χ3v) is 4.77. The van der Waals surface area contributed by atoms with Crippen molar-refractivity contribution in [3.05, 3.63) is 52.2 Å². The maximum absolute atomic E-state index is 12.3. The number of alkyl halides is 2. The molecule has 1 N–H and O–H groups in total. The van der Waals surface area contributed by atoms with Crippen molar-refractivity contribution in [2.24, 2.45) is 0 Å². The Morgan fingerprint density at radius 3 is 2.82 bits per heavy atom. The summed E-state index contributed by atoms with van der Waals surface area (Å²) in [6, 6.07) is 10.0. The number of thiophene rings is 1. The average Bonchev–Trinajstić information content (AvgIpc) is 3.00. The van der Waals surface area contributed by atoms with Gasteiger partial charge in [0.25, 0.3) is 5.91 Å². The van der Waals surface area contributed by atoms with Gasteiger partial charge in [0.1, 0.15) is 5.75 Å². The smallest absolute Gasteiger partial charge is 0.387 e. The molecule has 2 aromatic rings. The van der Waals surface area contributed by atoms with Crippen molar-refractivity contribution in [2.75, 3.05) is 12.3 Å². The van der Waals surface area contributed by atoms with Gasteiger partial charge in [-0.25, -0.2) is 0 Å². The Morgan fingerprint density at radius 1 is 1.27 bits per heavy atom. The number of benzene rings is 1. The molecule has 118 valence electrons. The highest BCUT2D eigenvalue weighted by Crippen LogP contribution is 2.20. The van der Waals surface area contributed by atoms with E-state index in [0.717, 1.165) is 11.5 Å². The van der Waals surface area contributed by atoms with E-state index in [4.69, 9.17) is 0 Å². The Morgan fingerprint density at radius 2 is 2.09 bits per heavy atom. The van der Waals surface area contributed by atoms with Crippen molar-refractivity contribution in [3.63, 3.8) is 0 Å². The maximum Gasteiger partial charge on any atom is 0.387 e. The Balaban J connectivity index is 1.77. The fourth-order valence-corrected chi connectivity index (χ4v) is 3.45. The third-order valence-electron chi connectivity index (χ3n) is 2.70. The zero-order valence-corrected chi connectivity index (χ0v) is 13.3. The van der Waals surface area contributed by atoms with Gasteiger partial charge in [0.05, 0.1) is 5.56 Å². The van der Waals surface area contributed by atoms with E-state index in [1.165, 1.54) is 17.0 Å². The fourth-order valence-electron chi connectivity index (χ4n) is 1.75. The first-order chi connectivity index (χ1) is 10.7. The van der Waals surface area contributed by atoms with E-state index in [0.29, 0.717) is 6.54 Å². The molecular weight excluding hydrogens is 328 g/mol. The monoisotopic (exact) mass is 343 g/mol. The average molecular weight is 343 g/mol. The minimum absolute atomic E-state index is 0.110. The van der Waals surface area contributed by atoms with Crippen LogP contribution in [0.15, 0.2) is 41.8 Å². The summed E-state index contributed by atoms with van der Waals surface area (Å²) in [4.78, 5) is 13.3. The number of para-hydroxylation sites is 1. The summed E-state index contributed by atoms with van der Waals surface area (Å²) in [6.07, 6.45) is 0. The van der Waals surface area contributed by atoms with Crippen molar-refractivity contribution in [3.8, 4) is 5.75 Å². The zero-order valence-electron chi connectivity index (χ0n) is 11.6. The van der Waals surface area contributed by atoms with Gasteiger partial charge in [-0.3, -0.25) is 4.79 Å². The lowest BCUT2D eigenvalue weighted by Crippen LogP contribution is -2.26. The second-order valence-electron chi connectivity index (χ2n) is 4.26. The Hall–Kier alpha value is -1.60. The van der Waals surface area contributed by atoms with E-state index in [9.17, 15) is 13.6 Å². The van der Waals surface area contributed by atoms with Crippen LogP contribution < -0.4 is 10.1 Å². The first kappa shape index (κ1) is 16.8. The van der Waals surface area contributed by atoms with Crippen LogP contribution in [-0.2, 0) is 5.75 Å². The van der Waals surface area contributed by atoms with Gasteiger partial charge >= 0.3 is 6.61 Å². The van der Waals surface area contributed by atoms with Crippen LogP contribution >= 0.6 is 23.1 Å². The molecule has 1 amide bonds. The van der Waals surface area contributed by atoms with Gasteiger partial charge in [0, 0.05) is 22.9 Å². The van der Waals surface area contributed by atoms with Gasteiger partial charge in [-0.05, 0) is 23.6 Å². The summed E-state index contributed by atoms with van der Waals surface area (Å²) in [5, 5.41) is 4.74. The van der Waals surface area contributed by atoms with E-state index in [2.05, 4.69) is 16.1 Å². The molecule has 1 aromatic carbocycles. The Labute approximate surface area is 135 Å². The van der Waals surface area contributed by atoms with E-state index in [-0.39, 0.29) is 11.3 Å². The highest BCUT2D eigenvalue weighted by molar-refractivity contribution is 7.98. The van der Waals surface area contributed by atoms with Crippen LogP contribution in [0.2, 0.25) is 0 Å². The predicted molar refractivity (Wildman–Crippen MR) is 85.9 cm³/mol. The van der Waals surface area contributed by atoms with Gasteiger partial charge in [-0.1, -0.05) is 18.2 Å². The van der Waals surface area contributed by atoms with Crippen LogP contribution in [0.3, 0.4) is 0 Å². The third kappa shape index (κ3) is 5.31. The molecule has 0 spiro atoms. The number of ether oxygens (including phenoxy) is 1. The minimum atomic E-state index is -2.95. The second-order valence-corrected chi connectivity index (χ2v) is 6.40. The van der Waals surface area contributed by atoms with Gasteiger partial charge in [-0.2, -0.15) is 20.5 Å². The van der Waals surface area contributed by atoms with E-state index >= 15 is 0 Å². The van der Waals surface area contributed by atoms with Gasteiger partial charge in [0.2, 0.25) is 0 Å². The fraction of sp³-hybridized carbons (Fsp3) is 0.267. The van der Waals surface area contributed by atoms with E-state index in [1.807, 2.05) is 11.4 Å². The minimum Gasteiger partial charge on any atom is -0.434 e. The largest absolute Gasteiger partial charge is 0.434 e. The maximum atomic E-state index is 12.3. The molecule has 22 heavy (non-hydrogen) atoms. The number of hydrogen-bond acceptors (Lipinski definition) is 4. The van der Waals surface area contributed by atoms with Crippen LogP contribution in [-0.4, -0.2) is 24.8 Å². The number of hydrogen-bond donors (Lipinski definition) is 1. The second kappa shape index (κ2) is 8.75. The molecule has 0 saturated carbocycles. The SMILES string of the molecule is O=C(NCCSCc1cccs1)c1ccccc1OC(F)F. The predicted octanol–water partition coefficient (Wildman–Crippen LogP) is 4.01. The summed E-state index contributed by atoms with van der Waals surface area (Å²) in [7, 11) is 0. The molecule has 0 fully saturated rings. The van der Waals surface area contributed by atoms with Gasteiger partial charge < -0.3 is 10.1 Å². The lowest BCUT2D eigenvalue weighted by atomic mass is 10.2. The highest BCUT2D eigenvalue weighted by atomic mass is 32.2. The highest BCUT2D eigenvalue weighted by Gasteiger charge is 2.14. The number of nitrogens with one attached hydrogen (secondary N) is 1. The molecule has 2 rings (SSSR count). The van der Waals surface area contributed by atoms with Crippen molar-refractivity contribution in [2.45, 2.75) is 12.4 Å². The van der Waals surface area contributed by atoms with Crippen molar-refractivity contribution >= 4 is 29.0 Å². The first-order valence-electron chi connectivity index (χ1n) is 6.59. The molecule has 1 aromatic heterocycles. The van der Waals surface area contributed by atoms with Crippen LogP contribution in [0.1, 0.15) is 15.2 Å². The molecule has 0 aliphatic heterocycles. The molecule has 0 saturated heterocycles. The summed E-state index contributed by atoms with van der Waals surface area (Å²) >= 11 is 3.40. The molecule has 0 atom stereocenters. The topological polar surface area (TPSA) is 38.3 Å². The van der Waals surface area contributed by atoms with Crippen LogP contribution in [0.4, 0.5) is 8.78 Å². The molecule has 0 bridgehead atoms. The summed E-state index contributed by atoms with van der Waals surface area (Å²) in [6.45, 7) is -2.48. The molecule has 3 nitrogen and oxygen atoms in total. The molecular formula is C15H15F2NO2S2. The van der Waals surface area contributed by atoms with Crippen molar-refractivity contribution in [1.82, 2.24) is 5.32 Å². The van der Waals surface area contributed by atoms with Crippen molar-refractivity contribution < 1.29 is 18.3 Å². The quantitative estimate of drug-likeness (QED) is 0.736. The number of carbonyl (C=O) groups is 1. The number of thioether (sulfide) groups is 1. The summed E-state index contributed by atoms with van der Waals surface area (Å²) in [5.41, 5.74) is 0.117. The van der Waals surface area contributed by atoms with Gasteiger partial charge in [0.15, 0.2) is 0 Å². The normalized spacial score (nSPS) is 10.7. The van der Waals surface area contributed by atoms with Crippen LogP contribution in [0.5, 0.6) is 5.75 Å². The molecule has 0 aliphatic carbocycles. The number of rotatable bonds is 8. The standard InChI is InChI=1S/C15H15F2NO2S2/c16-15(17)20-13-6-2-1-5-12(13)14(19)18-7-9-21-10-11-4-3-8-22-11/h1-6,8,15H,7,9-10H2,(H,18,19). The molecule has 0 unspecified atom stereocenters. The molecule has 1 heterocycles. The Kier molecular flexibility index (Phi) is 6.67. The number of halogens is 2. The lowest BCUT2D eigenvalue weighted by Gasteiger charge is -2.10. The molecule has 0 aliphatic rings. The number of amides is 1.